The van der Waals surface area contributed by atoms with E-state index < -0.39 is 27.0 Å². The number of halogens is 1. The quantitative estimate of drug-likeness (QED) is 0.886. The molecule has 2 unspecified atom stereocenters. The van der Waals surface area contributed by atoms with E-state index in [-0.39, 0.29) is 5.75 Å². The molecule has 3 nitrogen and oxygen atoms in total. The van der Waals surface area contributed by atoms with Crippen molar-refractivity contribution in [1.29, 1.82) is 0 Å². The SMILES string of the molecule is CCC(c1ccccc1)S(=O)(=O)CC(O)c1ccc(F)cc1. The fourth-order valence-electron chi connectivity index (χ4n) is 2.48. The highest BCUT2D eigenvalue weighted by Gasteiger charge is 2.28. The first kappa shape index (κ1) is 16.6. The van der Waals surface area contributed by atoms with E-state index in [2.05, 4.69) is 0 Å². The molecule has 0 heterocycles. The number of hydrogen-bond acceptors (Lipinski definition) is 3. The van der Waals surface area contributed by atoms with Crippen molar-refractivity contribution in [3.8, 4) is 0 Å². The maximum atomic E-state index is 12.9. The second-order valence-corrected chi connectivity index (χ2v) is 7.43. The van der Waals surface area contributed by atoms with Crippen molar-refractivity contribution in [3.63, 3.8) is 0 Å². The van der Waals surface area contributed by atoms with Crippen LogP contribution in [-0.2, 0) is 9.84 Å². The standard InChI is InChI=1S/C17H19FO3S/c1-2-17(14-6-4-3-5-7-14)22(20,21)12-16(19)13-8-10-15(18)11-9-13/h3-11,16-17,19H,2,12H2,1H3. The molecule has 2 aromatic rings. The Labute approximate surface area is 130 Å². The molecule has 2 atom stereocenters. The van der Waals surface area contributed by atoms with E-state index in [4.69, 9.17) is 0 Å². The number of aliphatic hydroxyl groups excluding tert-OH is 1. The Morgan fingerprint density at radius 3 is 2.14 bits per heavy atom. The van der Waals surface area contributed by atoms with Crippen LogP contribution in [0, 0.1) is 5.82 Å². The molecule has 0 fully saturated rings. The number of hydrogen-bond donors (Lipinski definition) is 1. The Bertz CT molecular complexity index is 696. The lowest BCUT2D eigenvalue weighted by Gasteiger charge is -2.19. The Hall–Kier alpha value is -1.72. The van der Waals surface area contributed by atoms with E-state index in [0.717, 1.165) is 5.56 Å². The van der Waals surface area contributed by atoms with Gasteiger partial charge in [-0.15, -0.1) is 0 Å². The van der Waals surface area contributed by atoms with Crippen LogP contribution in [0.5, 0.6) is 0 Å². The highest BCUT2D eigenvalue weighted by atomic mass is 32.2. The first-order chi connectivity index (χ1) is 10.4. The summed E-state index contributed by atoms with van der Waals surface area (Å²) in [7, 11) is -3.53. The van der Waals surface area contributed by atoms with Crippen LogP contribution in [0.1, 0.15) is 35.8 Å². The Morgan fingerprint density at radius 1 is 1.00 bits per heavy atom. The largest absolute Gasteiger partial charge is 0.387 e. The normalized spacial score (nSPS) is 14.5. The predicted molar refractivity (Wildman–Crippen MR) is 84.6 cm³/mol. The van der Waals surface area contributed by atoms with E-state index >= 15 is 0 Å². The highest BCUT2D eigenvalue weighted by Crippen LogP contribution is 2.29. The average Bonchev–Trinajstić information content (AvgIpc) is 2.49. The second-order valence-electron chi connectivity index (χ2n) is 5.20. The van der Waals surface area contributed by atoms with Gasteiger partial charge in [-0.05, 0) is 29.7 Å². The molecule has 0 radical (unpaired) electrons. The first-order valence-electron chi connectivity index (χ1n) is 7.14. The van der Waals surface area contributed by atoms with Gasteiger partial charge in [-0.3, -0.25) is 0 Å². The number of aliphatic hydroxyl groups is 1. The summed E-state index contributed by atoms with van der Waals surface area (Å²) in [5, 5.41) is 9.49. The predicted octanol–water partition coefficient (Wildman–Crippen LogP) is 3.43. The van der Waals surface area contributed by atoms with Crippen LogP contribution in [0.4, 0.5) is 4.39 Å². The smallest absolute Gasteiger partial charge is 0.160 e. The van der Waals surface area contributed by atoms with Gasteiger partial charge in [0.15, 0.2) is 9.84 Å². The minimum atomic E-state index is -3.53. The van der Waals surface area contributed by atoms with Crippen molar-refractivity contribution in [2.24, 2.45) is 0 Å². The molecular weight excluding hydrogens is 303 g/mol. The third kappa shape index (κ3) is 3.93. The van der Waals surface area contributed by atoms with E-state index in [0.29, 0.717) is 12.0 Å². The fourth-order valence-corrected chi connectivity index (χ4v) is 4.43. The minimum Gasteiger partial charge on any atom is -0.387 e. The van der Waals surface area contributed by atoms with Gasteiger partial charge in [0.25, 0.3) is 0 Å². The number of rotatable bonds is 6. The van der Waals surface area contributed by atoms with Crippen LogP contribution >= 0.6 is 0 Å². The number of benzene rings is 2. The van der Waals surface area contributed by atoms with Gasteiger partial charge in [0.05, 0.1) is 17.1 Å². The molecule has 2 aromatic carbocycles. The molecule has 0 saturated heterocycles. The molecule has 0 spiro atoms. The minimum absolute atomic E-state index is 0.383. The van der Waals surface area contributed by atoms with Crippen molar-refractivity contribution in [1.82, 2.24) is 0 Å². The molecule has 0 bridgehead atoms. The van der Waals surface area contributed by atoms with Crippen molar-refractivity contribution >= 4 is 9.84 Å². The van der Waals surface area contributed by atoms with Crippen molar-refractivity contribution in [2.75, 3.05) is 5.75 Å². The van der Waals surface area contributed by atoms with Crippen LogP contribution < -0.4 is 0 Å². The van der Waals surface area contributed by atoms with Gasteiger partial charge in [0.2, 0.25) is 0 Å². The lowest BCUT2D eigenvalue weighted by molar-refractivity contribution is 0.201. The van der Waals surface area contributed by atoms with Crippen molar-refractivity contribution in [2.45, 2.75) is 24.7 Å². The van der Waals surface area contributed by atoms with Crippen LogP contribution in [0.2, 0.25) is 0 Å². The summed E-state index contributed by atoms with van der Waals surface area (Å²) in [6.07, 6.45) is -0.731. The van der Waals surface area contributed by atoms with Crippen LogP contribution in [-0.4, -0.2) is 19.3 Å². The Kier molecular flexibility index (Phi) is 5.32. The van der Waals surface area contributed by atoms with Crippen LogP contribution in [0.15, 0.2) is 54.6 Å². The van der Waals surface area contributed by atoms with Gasteiger partial charge in [0.1, 0.15) is 5.82 Å². The average molecular weight is 322 g/mol. The third-order valence-electron chi connectivity index (χ3n) is 3.62. The van der Waals surface area contributed by atoms with Gasteiger partial charge in [-0.1, -0.05) is 49.4 Å². The Morgan fingerprint density at radius 2 is 1.59 bits per heavy atom. The second kappa shape index (κ2) is 7.03. The summed E-state index contributed by atoms with van der Waals surface area (Å²) >= 11 is 0. The molecule has 0 amide bonds. The zero-order valence-electron chi connectivity index (χ0n) is 12.3. The topological polar surface area (TPSA) is 54.4 Å². The fraction of sp³-hybridized carbons (Fsp3) is 0.294. The van der Waals surface area contributed by atoms with Gasteiger partial charge >= 0.3 is 0 Å². The molecule has 118 valence electrons. The molecule has 2 rings (SSSR count). The summed E-state index contributed by atoms with van der Waals surface area (Å²) in [6, 6.07) is 14.2. The summed E-state index contributed by atoms with van der Waals surface area (Å²) in [4.78, 5) is 0. The maximum Gasteiger partial charge on any atom is 0.160 e. The zero-order chi connectivity index (χ0) is 16.2. The summed E-state index contributed by atoms with van der Waals surface area (Å²) in [5.74, 6) is -0.805. The van der Waals surface area contributed by atoms with Gasteiger partial charge in [-0.2, -0.15) is 0 Å². The summed E-state index contributed by atoms with van der Waals surface area (Å²) in [5.41, 5.74) is 1.11. The van der Waals surface area contributed by atoms with Crippen molar-refractivity contribution in [3.05, 3.63) is 71.5 Å². The molecule has 0 saturated carbocycles. The monoisotopic (exact) mass is 322 g/mol. The molecular formula is C17H19FO3S. The van der Waals surface area contributed by atoms with Crippen molar-refractivity contribution < 1.29 is 17.9 Å². The van der Waals surface area contributed by atoms with E-state index in [9.17, 15) is 17.9 Å². The van der Waals surface area contributed by atoms with E-state index in [1.54, 1.807) is 31.2 Å². The summed E-state index contributed by atoms with van der Waals surface area (Å²) < 4.78 is 38.0. The number of sulfone groups is 1. The molecule has 0 aliphatic rings. The highest BCUT2D eigenvalue weighted by molar-refractivity contribution is 7.91. The zero-order valence-corrected chi connectivity index (χ0v) is 13.1. The van der Waals surface area contributed by atoms with Gasteiger partial charge in [-0.25, -0.2) is 12.8 Å². The van der Waals surface area contributed by atoms with Gasteiger partial charge in [0, 0.05) is 0 Å². The van der Waals surface area contributed by atoms with Crippen LogP contribution in [0.3, 0.4) is 0 Å². The maximum absolute atomic E-state index is 12.9. The third-order valence-corrected chi connectivity index (χ3v) is 5.87. The molecule has 0 aliphatic carbocycles. The van der Waals surface area contributed by atoms with Crippen LogP contribution in [0.25, 0.3) is 0 Å². The molecule has 22 heavy (non-hydrogen) atoms. The summed E-state index contributed by atoms with van der Waals surface area (Å²) in [6.45, 7) is 1.81. The first-order valence-corrected chi connectivity index (χ1v) is 8.85. The Balaban J connectivity index is 2.20. The van der Waals surface area contributed by atoms with E-state index in [1.165, 1.54) is 24.3 Å². The lowest BCUT2D eigenvalue weighted by Crippen LogP contribution is -2.21. The molecule has 1 N–H and O–H groups in total. The molecule has 5 heteroatoms. The molecule has 0 aliphatic heterocycles. The molecule has 0 aromatic heterocycles. The lowest BCUT2D eigenvalue weighted by atomic mass is 10.1. The van der Waals surface area contributed by atoms with Gasteiger partial charge < -0.3 is 5.11 Å². The van der Waals surface area contributed by atoms with E-state index in [1.807, 2.05) is 6.07 Å².